The van der Waals surface area contributed by atoms with Crippen LogP contribution in [0.15, 0.2) is 139 Å². The molecule has 0 amide bonds. The van der Waals surface area contributed by atoms with E-state index in [1.54, 1.807) is 0 Å². The van der Waals surface area contributed by atoms with Gasteiger partial charge in [-0.15, -0.1) is 0 Å². The van der Waals surface area contributed by atoms with E-state index >= 15 is 0 Å². The molecule has 0 unspecified atom stereocenters. The summed E-state index contributed by atoms with van der Waals surface area (Å²) >= 11 is 0. The van der Waals surface area contributed by atoms with Gasteiger partial charge in [-0.2, -0.15) is 0 Å². The van der Waals surface area contributed by atoms with Crippen LogP contribution in [-0.2, 0) is 0 Å². The van der Waals surface area contributed by atoms with E-state index in [0.717, 1.165) is 4.57 Å². The maximum Gasteiger partial charge on any atom is 0.135 e. The molecule has 1 aliphatic rings. The van der Waals surface area contributed by atoms with Crippen molar-refractivity contribution in [2.24, 2.45) is 0 Å². The standard InChI is InChI=1S/C38H23NO/c1-2-11-25(12-3-1)39-33-18-9-17-29(36(33)32-21-20-24-10-4-5-13-26(24)38(32)39)27-22-23-35-37-30(27)15-8-16-31(37)28-14-6-7-19-34(28)40-35/h1-23H/i1D,2D,3D,4D,5D,6D,7D,8D,9D,10D,11D,12D,13D,14D,15D,16D,17D,18D,19D,20D,21D,22D,23D. The minimum Gasteiger partial charge on any atom is -0.456 e. The van der Waals surface area contributed by atoms with Crippen LogP contribution in [0.5, 0.6) is 11.5 Å². The lowest BCUT2D eigenvalue weighted by atomic mass is 9.89. The second-order valence-electron chi connectivity index (χ2n) is 8.77. The largest absolute Gasteiger partial charge is 0.456 e. The van der Waals surface area contributed by atoms with E-state index in [9.17, 15) is 8.22 Å². The fraction of sp³-hybridized carbons (Fsp3) is 0. The molecule has 1 aliphatic heterocycles. The average Bonchev–Trinajstić information content (AvgIpc) is 3.60. The van der Waals surface area contributed by atoms with Gasteiger partial charge in [-0.05, 0) is 57.7 Å². The highest BCUT2D eigenvalue weighted by Crippen LogP contribution is 2.50. The van der Waals surface area contributed by atoms with Crippen LogP contribution in [0.25, 0.3) is 71.3 Å². The maximum absolute atomic E-state index is 9.47. The first-order valence-electron chi connectivity index (χ1n) is 23.3. The Morgan fingerprint density at radius 2 is 1.18 bits per heavy atom. The van der Waals surface area contributed by atoms with Crippen molar-refractivity contribution in [3.63, 3.8) is 0 Å². The molecule has 0 N–H and O–H groups in total. The first-order valence-corrected chi connectivity index (χ1v) is 11.8. The Bertz CT molecular complexity index is 3550. The van der Waals surface area contributed by atoms with Gasteiger partial charge in [0.15, 0.2) is 0 Å². The molecule has 0 radical (unpaired) electrons. The van der Waals surface area contributed by atoms with Crippen LogP contribution in [0, 0.1) is 0 Å². The predicted molar refractivity (Wildman–Crippen MR) is 167 cm³/mol. The van der Waals surface area contributed by atoms with Gasteiger partial charge in [0, 0.05) is 32.8 Å². The number of para-hydroxylation sites is 2. The van der Waals surface area contributed by atoms with E-state index in [1.165, 1.54) is 0 Å². The fourth-order valence-corrected chi connectivity index (χ4v) is 5.16. The molecule has 7 aromatic carbocycles. The predicted octanol–water partition coefficient (Wildman–Crippen LogP) is 10.5. The lowest BCUT2D eigenvalue weighted by Gasteiger charge is -2.22. The molecule has 0 spiro atoms. The molecular formula is C38H23NO. The van der Waals surface area contributed by atoms with Crippen molar-refractivity contribution < 1.29 is 36.3 Å². The third kappa shape index (κ3) is 2.88. The van der Waals surface area contributed by atoms with E-state index in [2.05, 4.69) is 0 Å². The zero-order valence-corrected chi connectivity index (χ0v) is 19.9. The summed E-state index contributed by atoms with van der Waals surface area (Å²) in [6.45, 7) is 0. The monoisotopic (exact) mass is 532 g/mol. The minimum atomic E-state index is -0.960. The van der Waals surface area contributed by atoms with Crippen LogP contribution in [0.4, 0.5) is 0 Å². The zero-order chi connectivity index (χ0) is 46.2. The van der Waals surface area contributed by atoms with Gasteiger partial charge in [0.05, 0.1) is 42.6 Å². The second kappa shape index (κ2) is 8.08. The molecule has 0 fully saturated rings. The van der Waals surface area contributed by atoms with Gasteiger partial charge in [0.25, 0.3) is 0 Å². The van der Waals surface area contributed by atoms with Gasteiger partial charge in [0.1, 0.15) is 11.5 Å². The number of ether oxygens (including phenoxy) is 1. The number of nitrogens with zero attached hydrogens (tertiary/aromatic N) is 1. The summed E-state index contributed by atoms with van der Waals surface area (Å²) in [5.41, 5.74) is -3.99. The van der Waals surface area contributed by atoms with Gasteiger partial charge in [-0.1, -0.05) is 109 Å². The van der Waals surface area contributed by atoms with Crippen LogP contribution < -0.4 is 4.74 Å². The summed E-state index contributed by atoms with van der Waals surface area (Å²) in [5.74, 6) is -1.12. The molecule has 0 aliphatic carbocycles. The first kappa shape index (κ1) is 9.11. The Labute approximate surface area is 263 Å². The third-order valence-corrected chi connectivity index (χ3v) is 6.75. The highest BCUT2D eigenvalue weighted by Gasteiger charge is 2.23. The van der Waals surface area contributed by atoms with Gasteiger partial charge < -0.3 is 9.30 Å². The highest BCUT2D eigenvalue weighted by molar-refractivity contribution is 6.24. The minimum absolute atomic E-state index is 0.384. The van der Waals surface area contributed by atoms with Crippen molar-refractivity contribution >= 4 is 43.4 Å². The third-order valence-electron chi connectivity index (χ3n) is 6.75. The lowest BCUT2D eigenvalue weighted by Crippen LogP contribution is -1.97. The fourth-order valence-electron chi connectivity index (χ4n) is 5.16. The number of rotatable bonds is 2. The normalized spacial score (nSPS) is 20.2. The Morgan fingerprint density at radius 3 is 2.10 bits per heavy atom. The molecular weight excluding hydrogens is 486 g/mol. The number of hydrogen-bond donors (Lipinski definition) is 0. The summed E-state index contributed by atoms with van der Waals surface area (Å²) in [7, 11) is 0. The van der Waals surface area contributed by atoms with Gasteiger partial charge in [-0.3, -0.25) is 0 Å². The molecule has 8 aromatic rings. The molecule has 1 aromatic heterocycles. The number of hydrogen-bond acceptors (Lipinski definition) is 1. The summed E-state index contributed by atoms with van der Waals surface area (Å²) in [5, 5.41) is -3.04. The number of benzene rings is 7. The van der Waals surface area contributed by atoms with Crippen molar-refractivity contribution in [1.29, 1.82) is 0 Å². The molecule has 186 valence electrons. The lowest BCUT2D eigenvalue weighted by molar-refractivity contribution is 0.487. The van der Waals surface area contributed by atoms with Crippen molar-refractivity contribution in [3.05, 3.63) is 139 Å². The summed E-state index contributed by atoms with van der Waals surface area (Å²) < 4.78 is 211. The smallest absolute Gasteiger partial charge is 0.135 e. The van der Waals surface area contributed by atoms with Crippen molar-refractivity contribution in [2.75, 3.05) is 0 Å². The molecule has 0 saturated carbocycles. The van der Waals surface area contributed by atoms with Crippen LogP contribution in [0.1, 0.15) is 31.5 Å². The summed E-state index contributed by atoms with van der Waals surface area (Å²) in [4.78, 5) is 0. The Morgan fingerprint density at radius 1 is 0.450 bits per heavy atom. The van der Waals surface area contributed by atoms with Crippen LogP contribution in [0.2, 0.25) is 0 Å². The van der Waals surface area contributed by atoms with Crippen molar-refractivity contribution in [2.45, 2.75) is 0 Å². The van der Waals surface area contributed by atoms with Crippen LogP contribution >= 0.6 is 0 Å². The second-order valence-corrected chi connectivity index (χ2v) is 8.77. The molecule has 0 bridgehead atoms. The topological polar surface area (TPSA) is 14.2 Å². The van der Waals surface area contributed by atoms with Gasteiger partial charge in [0.2, 0.25) is 0 Å². The molecule has 2 nitrogen and oxygen atoms in total. The zero-order valence-electron chi connectivity index (χ0n) is 42.9. The van der Waals surface area contributed by atoms with E-state index < -0.39 is 216 Å². The van der Waals surface area contributed by atoms with Crippen LogP contribution in [-0.4, -0.2) is 4.57 Å². The van der Waals surface area contributed by atoms with E-state index in [1.807, 2.05) is 0 Å². The number of aromatic nitrogens is 1. The molecule has 2 heterocycles. The van der Waals surface area contributed by atoms with E-state index in [-0.39, 0.29) is 5.39 Å². The Hall–Kier alpha value is -5.34. The quantitative estimate of drug-likeness (QED) is 0.216. The summed E-state index contributed by atoms with van der Waals surface area (Å²) in [6, 6.07) is -19.3. The summed E-state index contributed by atoms with van der Waals surface area (Å²) in [6.07, 6.45) is 0. The van der Waals surface area contributed by atoms with Crippen LogP contribution in [0.3, 0.4) is 0 Å². The highest BCUT2D eigenvalue weighted by atomic mass is 16.5. The van der Waals surface area contributed by atoms with Gasteiger partial charge >= 0.3 is 0 Å². The van der Waals surface area contributed by atoms with Crippen molar-refractivity contribution in [1.82, 2.24) is 4.57 Å². The molecule has 0 atom stereocenters. The molecule has 40 heavy (non-hydrogen) atoms. The number of fused-ring (bicyclic) bond motifs is 7. The van der Waals surface area contributed by atoms with Crippen molar-refractivity contribution in [3.8, 4) is 39.4 Å². The van der Waals surface area contributed by atoms with E-state index in [0.29, 0.717) is 0 Å². The first-order chi connectivity index (χ1) is 29.4. The molecule has 0 saturated heterocycles. The molecule has 9 rings (SSSR count). The maximum atomic E-state index is 9.47. The average molecular weight is 533 g/mol. The Balaban J connectivity index is 1.66. The van der Waals surface area contributed by atoms with Gasteiger partial charge in [-0.25, -0.2) is 0 Å². The SMILES string of the molecule is [2H]c1c([2H])c([2H])c(-n2c3c([2H])c([2H])c([2H])c(-c4c([2H])c([2H])c5c6c(c([2H])c([2H])c([2H])c46)-c4c([2H])c([2H])c([2H])c([2H])c4O5)c3c3c([2H])c([2H])c4c([2H])c([2H])c([2H])c([2H])c4c32)c([2H])c1[2H]. The Kier molecular flexibility index (Phi) is 1.84. The van der Waals surface area contributed by atoms with E-state index in [4.69, 9.17) is 28.0 Å². The molecule has 2 heteroatoms.